The van der Waals surface area contributed by atoms with E-state index in [1.807, 2.05) is 31.2 Å². The molecule has 1 heterocycles. The van der Waals surface area contributed by atoms with Crippen LogP contribution in [-0.2, 0) is 0 Å². The van der Waals surface area contributed by atoms with Crippen LogP contribution >= 0.6 is 6.89 Å². The van der Waals surface area contributed by atoms with Crippen molar-refractivity contribution < 1.29 is 0 Å². The van der Waals surface area contributed by atoms with Gasteiger partial charge in [-0.25, -0.2) is 0 Å². The molecule has 1 rings (SSSR count). The van der Waals surface area contributed by atoms with E-state index in [0.717, 1.165) is 11.7 Å². The molecule has 0 nitrogen and oxygen atoms in total. The second-order valence-electron chi connectivity index (χ2n) is 5.93. The van der Waals surface area contributed by atoms with Crippen LogP contribution in [0.3, 0.4) is 0 Å². The van der Waals surface area contributed by atoms with Crippen LogP contribution in [0.5, 0.6) is 0 Å². The highest BCUT2D eigenvalue weighted by Crippen LogP contribution is 2.64. The average molecular weight is 312 g/mol. The van der Waals surface area contributed by atoms with Gasteiger partial charge in [-0.2, -0.15) is 0 Å². The maximum atomic E-state index is 4.70. The Kier molecular flexibility index (Phi) is 6.45. The number of allylic oxidation sites excluding steroid dienone is 11. The Hall–Kier alpha value is -1.52. The molecule has 0 radical (unpaired) electrons. The van der Waals surface area contributed by atoms with E-state index in [4.69, 9.17) is 6.30 Å². The van der Waals surface area contributed by atoms with Crippen LogP contribution in [0, 0.1) is 0 Å². The van der Waals surface area contributed by atoms with Crippen LogP contribution in [0.15, 0.2) is 83.8 Å². The van der Waals surface area contributed by atoms with Gasteiger partial charge in [0, 0.05) is 5.66 Å². The fourth-order valence-corrected chi connectivity index (χ4v) is 6.53. The molecular formula is C21H29P. The summed E-state index contributed by atoms with van der Waals surface area (Å²) in [6.07, 6.45) is 17.9. The first-order valence-corrected chi connectivity index (χ1v) is 9.93. The molecule has 0 N–H and O–H groups in total. The predicted octanol–water partition coefficient (Wildman–Crippen LogP) is 6.49. The number of hydrogen-bond acceptors (Lipinski definition) is 0. The molecule has 0 saturated heterocycles. The summed E-state index contributed by atoms with van der Waals surface area (Å²) in [5.74, 6) is 0. The van der Waals surface area contributed by atoms with Gasteiger partial charge >= 0.3 is 0 Å². The molecule has 0 aromatic heterocycles. The minimum atomic E-state index is -1.55. The zero-order valence-electron chi connectivity index (χ0n) is 14.5. The van der Waals surface area contributed by atoms with Gasteiger partial charge in [0.2, 0.25) is 0 Å². The zero-order chi connectivity index (χ0) is 16.9. The van der Waals surface area contributed by atoms with Gasteiger partial charge in [-0.15, -0.1) is 0 Å². The predicted molar refractivity (Wildman–Crippen MR) is 107 cm³/mol. The standard InChI is InChI=1S/C21H29P/c1-9-12-13-14-16(4)18(6)22(8)15-17(5)20(10-2)21(11-3)19(22)7/h9-14,18H,2-4,8,15H2,1,5-7H3/b12-9-,14-13-. The maximum Gasteiger partial charge on any atom is 0.00387 e. The molecular weight excluding hydrogens is 283 g/mol. The number of hydrogen-bond donors (Lipinski definition) is 0. The van der Waals surface area contributed by atoms with Crippen LogP contribution < -0.4 is 0 Å². The van der Waals surface area contributed by atoms with Crippen LogP contribution in [0.1, 0.15) is 27.7 Å². The first-order chi connectivity index (χ1) is 10.3. The highest BCUT2D eigenvalue weighted by Gasteiger charge is 2.31. The Morgan fingerprint density at radius 2 is 1.73 bits per heavy atom. The molecule has 0 spiro atoms. The molecule has 2 unspecified atom stereocenters. The Morgan fingerprint density at radius 3 is 2.23 bits per heavy atom. The van der Waals surface area contributed by atoms with Crippen molar-refractivity contribution in [3.05, 3.63) is 83.8 Å². The summed E-state index contributed by atoms with van der Waals surface area (Å²) in [5.41, 5.74) is 5.34. The largest absolute Gasteiger partial charge is 0.0984 e. The highest BCUT2D eigenvalue weighted by molar-refractivity contribution is 7.78. The summed E-state index contributed by atoms with van der Waals surface area (Å²) in [6.45, 7) is 19.4. The van der Waals surface area contributed by atoms with Crippen molar-refractivity contribution in [3.8, 4) is 0 Å². The van der Waals surface area contributed by atoms with Gasteiger partial charge in [0.25, 0.3) is 0 Å². The van der Waals surface area contributed by atoms with Gasteiger partial charge in [-0.3, -0.25) is 0 Å². The average Bonchev–Trinajstić information content (AvgIpc) is 2.49. The van der Waals surface area contributed by atoms with Crippen molar-refractivity contribution >= 4 is 13.2 Å². The van der Waals surface area contributed by atoms with E-state index in [1.165, 1.54) is 22.0 Å². The van der Waals surface area contributed by atoms with Gasteiger partial charge in [-0.1, -0.05) is 81.9 Å². The molecule has 0 aromatic carbocycles. The van der Waals surface area contributed by atoms with E-state index in [9.17, 15) is 0 Å². The van der Waals surface area contributed by atoms with Crippen molar-refractivity contribution in [3.63, 3.8) is 0 Å². The summed E-state index contributed by atoms with van der Waals surface area (Å²) >= 11 is 0. The van der Waals surface area contributed by atoms with Gasteiger partial charge in [0.05, 0.1) is 0 Å². The van der Waals surface area contributed by atoms with E-state index in [-0.39, 0.29) is 0 Å². The third-order valence-electron chi connectivity index (χ3n) is 4.63. The highest BCUT2D eigenvalue weighted by atomic mass is 31.2. The van der Waals surface area contributed by atoms with Crippen molar-refractivity contribution in [1.82, 2.24) is 0 Å². The lowest BCUT2D eigenvalue weighted by Crippen LogP contribution is -2.16. The molecule has 0 saturated carbocycles. The maximum absolute atomic E-state index is 4.70. The van der Waals surface area contributed by atoms with E-state index in [0.29, 0.717) is 5.66 Å². The second kappa shape index (κ2) is 7.65. The number of rotatable bonds is 6. The van der Waals surface area contributed by atoms with Crippen molar-refractivity contribution in [2.24, 2.45) is 0 Å². The molecule has 1 aliphatic rings. The summed E-state index contributed by atoms with van der Waals surface area (Å²) in [5, 5.41) is 1.39. The molecule has 0 aromatic rings. The minimum absolute atomic E-state index is 0.366. The van der Waals surface area contributed by atoms with E-state index in [1.54, 1.807) is 0 Å². The first kappa shape index (κ1) is 18.5. The van der Waals surface area contributed by atoms with E-state index < -0.39 is 6.89 Å². The quantitative estimate of drug-likeness (QED) is 0.388. The van der Waals surface area contributed by atoms with Gasteiger partial charge in [0.15, 0.2) is 0 Å². The van der Waals surface area contributed by atoms with Crippen LogP contribution in [0.4, 0.5) is 0 Å². The normalized spacial score (nSPS) is 24.2. The monoisotopic (exact) mass is 312 g/mol. The SMILES string of the molecule is C=CC1=C(C)CP(=C)(C(C)C(=C)/C=C\C=C/C)C(C)=C1C=C. The summed E-state index contributed by atoms with van der Waals surface area (Å²) in [4.78, 5) is 0. The third-order valence-corrected chi connectivity index (χ3v) is 9.06. The minimum Gasteiger partial charge on any atom is -0.0984 e. The Morgan fingerprint density at radius 1 is 1.14 bits per heavy atom. The molecule has 1 aliphatic heterocycles. The third kappa shape index (κ3) is 3.45. The topological polar surface area (TPSA) is 0 Å². The van der Waals surface area contributed by atoms with Crippen LogP contribution in [-0.4, -0.2) is 18.1 Å². The molecule has 1 heteroatoms. The molecule has 0 aliphatic carbocycles. The lowest BCUT2D eigenvalue weighted by Gasteiger charge is -2.38. The smallest absolute Gasteiger partial charge is 0.00387 e. The summed E-state index contributed by atoms with van der Waals surface area (Å²) in [6, 6.07) is 0. The zero-order valence-corrected chi connectivity index (χ0v) is 15.4. The fraction of sp³-hybridized carbons (Fsp3) is 0.286. The molecule has 0 bridgehead atoms. The van der Waals surface area contributed by atoms with Crippen LogP contribution in [0.25, 0.3) is 0 Å². The van der Waals surface area contributed by atoms with Crippen LogP contribution in [0.2, 0.25) is 0 Å². The van der Waals surface area contributed by atoms with Gasteiger partial charge < -0.3 is 0 Å². The van der Waals surface area contributed by atoms with Crippen molar-refractivity contribution in [1.29, 1.82) is 0 Å². The second-order valence-corrected chi connectivity index (χ2v) is 9.76. The van der Waals surface area contributed by atoms with Gasteiger partial charge in [-0.05, 0) is 49.0 Å². The summed E-state index contributed by atoms with van der Waals surface area (Å²) < 4.78 is 0. The molecule has 0 fully saturated rings. The van der Waals surface area contributed by atoms with Crippen molar-refractivity contribution in [2.75, 3.05) is 6.16 Å². The Bertz CT molecular complexity index is 647. The molecule has 0 amide bonds. The molecule has 118 valence electrons. The first-order valence-electron chi connectivity index (χ1n) is 7.70. The Balaban J connectivity index is 3.30. The van der Waals surface area contributed by atoms with E-state index >= 15 is 0 Å². The summed E-state index contributed by atoms with van der Waals surface area (Å²) in [7, 11) is 0. The van der Waals surface area contributed by atoms with E-state index in [2.05, 4.69) is 52.7 Å². The van der Waals surface area contributed by atoms with Gasteiger partial charge in [0.1, 0.15) is 0 Å². The lowest BCUT2D eigenvalue weighted by molar-refractivity contribution is 1.13. The molecule has 2 atom stereocenters. The fourth-order valence-electron chi connectivity index (χ4n) is 3.01. The van der Waals surface area contributed by atoms with Crippen molar-refractivity contribution in [2.45, 2.75) is 33.4 Å². The lowest BCUT2D eigenvalue weighted by atomic mass is 10.0. The Labute approximate surface area is 137 Å². The molecule has 22 heavy (non-hydrogen) atoms.